The molecule has 1 N–H and O–H groups in total. The van der Waals surface area contributed by atoms with Gasteiger partial charge in [0.1, 0.15) is 6.61 Å². The average Bonchev–Trinajstić information content (AvgIpc) is 3.20. The molecule has 0 radical (unpaired) electrons. The molecule has 1 atom stereocenters. The Morgan fingerprint density at radius 3 is 2.44 bits per heavy atom. The maximum atomic E-state index is 13.8. The fourth-order valence-electron chi connectivity index (χ4n) is 5.06. The molecule has 0 spiro atoms. The zero-order valence-electron chi connectivity index (χ0n) is 21.8. The van der Waals surface area contributed by atoms with Crippen LogP contribution in [0, 0.1) is 3.57 Å². The van der Waals surface area contributed by atoms with Gasteiger partial charge in [-0.05, 0) is 67.1 Å². The number of benzene rings is 3. The topological polar surface area (TPSA) is 73.9 Å². The Bertz CT molecular complexity index is 1540. The van der Waals surface area contributed by atoms with Crippen molar-refractivity contribution in [1.82, 2.24) is 5.32 Å². The first-order chi connectivity index (χ1) is 18.8. The number of fused-ring (bicyclic) bond motifs is 2. The molecule has 1 aliphatic heterocycles. The van der Waals surface area contributed by atoms with Crippen LogP contribution in [0.2, 0.25) is 5.02 Å². The van der Waals surface area contributed by atoms with E-state index in [1.807, 2.05) is 74.5 Å². The van der Waals surface area contributed by atoms with Crippen molar-refractivity contribution in [3.63, 3.8) is 0 Å². The Kier molecular flexibility index (Phi) is 8.00. The number of hydrogen-bond acceptors (Lipinski definition) is 6. The van der Waals surface area contributed by atoms with Crippen molar-refractivity contribution in [1.29, 1.82) is 0 Å². The smallest absolute Gasteiger partial charge is 0.336 e. The highest BCUT2D eigenvalue weighted by atomic mass is 127. The first kappa shape index (κ1) is 27.3. The third kappa shape index (κ3) is 5.05. The molecular weight excluding hydrogens is 629 g/mol. The van der Waals surface area contributed by atoms with Crippen molar-refractivity contribution in [2.75, 3.05) is 13.2 Å². The molecule has 2 aliphatic rings. The number of allylic oxidation sites excluding steroid dienone is 2. The van der Waals surface area contributed by atoms with Gasteiger partial charge in [0.15, 0.2) is 17.3 Å². The molecular formula is C31H27ClINO5. The number of dihydropyridines is 1. The third-order valence-electron chi connectivity index (χ3n) is 6.74. The molecule has 0 aromatic heterocycles. The summed E-state index contributed by atoms with van der Waals surface area (Å²) in [6.45, 7) is 6.39. The van der Waals surface area contributed by atoms with Crippen molar-refractivity contribution in [3.8, 4) is 11.5 Å². The van der Waals surface area contributed by atoms with E-state index in [4.69, 9.17) is 25.8 Å². The molecule has 39 heavy (non-hydrogen) atoms. The molecule has 3 aromatic rings. The van der Waals surface area contributed by atoms with Crippen LogP contribution in [0.3, 0.4) is 0 Å². The van der Waals surface area contributed by atoms with Gasteiger partial charge >= 0.3 is 5.97 Å². The van der Waals surface area contributed by atoms with E-state index in [1.54, 1.807) is 6.92 Å². The Hall–Kier alpha value is -3.30. The summed E-state index contributed by atoms with van der Waals surface area (Å²) in [7, 11) is 0. The van der Waals surface area contributed by atoms with Gasteiger partial charge in [-0.3, -0.25) is 4.79 Å². The number of ether oxygens (including phenoxy) is 3. The molecule has 200 valence electrons. The van der Waals surface area contributed by atoms with E-state index >= 15 is 0 Å². The standard InChI is InChI=1S/C31H27ClINO5/c1-4-37-24-15-19(14-23(33)30(24)39-16-18-10-6-9-13-22(18)32)26-25(31(36)38-5-2)17(3)34-28-20-11-7-8-12-21(20)29(35)27(26)28/h6-15,26,34H,4-5,16H2,1-3H3/t26-/m1/s1. The largest absolute Gasteiger partial charge is 0.490 e. The van der Waals surface area contributed by atoms with Crippen LogP contribution in [-0.2, 0) is 16.1 Å². The van der Waals surface area contributed by atoms with Crippen LogP contribution in [0.15, 0.2) is 77.5 Å². The summed E-state index contributed by atoms with van der Waals surface area (Å²) in [5.41, 5.74) is 5.32. The summed E-state index contributed by atoms with van der Waals surface area (Å²) in [6.07, 6.45) is 0. The lowest BCUT2D eigenvalue weighted by Crippen LogP contribution is -2.29. The molecule has 0 unspecified atom stereocenters. The van der Waals surface area contributed by atoms with Crippen molar-refractivity contribution in [3.05, 3.63) is 108 Å². The molecule has 0 fully saturated rings. The lowest BCUT2D eigenvalue weighted by Gasteiger charge is -2.30. The first-order valence-corrected chi connectivity index (χ1v) is 14.2. The summed E-state index contributed by atoms with van der Waals surface area (Å²) in [4.78, 5) is 27.0. The number of carbonyl (C=O) groups excluding carboxylic acids is 2. The van der Waals surface area contributed by atoms with Gasteiger partial charge in [-0.25, -0.2) is 4.79 Å². The number of ketones is 1. The highest BCUT2D eigenvalue weighted by Crippen LogP contribution is 2.49. The van der Waals surface area contributed by atoms with Crippen molar-refractivity contribution in [2.24, 2.45) is 0 Å². The van der Waals surface area contributed by atoms with E-state index in [2.05, 4.69) is 27.9 Å². The molecule has 8 heteroatoms. The predicted molar refractivity (Wildman–Crippen MR) is 159 cm³/mol. The Morgan fingerprint density at radius 2 is 1.72 bits per heavy atom. The average molecular weight is 656 g/mol. The molecule has 5 rings (SSSR count). The number of Topliss-reactive ketones (excluding diaryl/α,β-unsaturated/α-hetero) is 1. The van der Waals surface area contributed by atoms with E-state index in [9.17, 15) is 9.59 Å². The Morgan fingerprint density at radius 1 is 1.00 bits per heavy atom. The number of hydrogen-bond donors (Lipinski definition) is 1. The fraction of sp³-hybridized carbons (Fsp3) is 0.226. The number of carbonyl (C=O) groups is 2. The van der Waals surface area contributed by atoms with Crippen LogP contribution >= 0.6 is 34.2 Å². The zero-order valence-corrected chi connectivity index (χ0v) is 24.7. The van der Waals surface area contributed by atoms with Gasteiger partial charge in [-0.1, -0.05) is 54.1 Å². The molecule has 0 saturated heterocycles. The van der Waals surface area contributed by atoms with Gasteiger partial charge < -0.3 is 19.5 Å². The van der Waals surface area contributed by atoms with Crippen LogP contribution in [0.4, 0.5) is 0 Å². The van der Waals surface area contributed by atoms with Gasteiger partial charge in [-0.2, -0.15) is 0 Å². The maximum Gasteiger partial charge on any atom is 0.336 e. The second-order valence-electron chi connectivity index (χ2n) is 9.12. The van der Waals surface area contributed by atoms with E-state index in [0.29, 0.717) is 45.5 Å². The Labute approximate surface area is 246 Å². The van der Waals surface area contributed by atoms with Gasteiger partial charge in [0.2, 0.25) is 0 Å². The quantitative estimate of drug-likeness (QED) is 0.207. The van der Waals surface area contributed by atoms with E-state index in [-0.39, 0.29) is 19.0 Å². The number of esters is 1. The van der Waals surface area contributed by atoms with E-state index < -0.39 is 11.9 Å². The van der Waals surface area contributed by atoms with Crippen LogP contribution in [0.1, 0.15) is 53.7 Å². The highest BCUT2D eigenvalue weighted by molar-refractivity contribution is 14.1. The van der Waals surface area contributed by atoms with Crippen LogP contribution in [0.25, 0.3) is 5.70 Å². The monoisotopic (exact) mass is 655 g/mol. The number of rotatable bonds is 8. The zero-order chi connectivity index (χ0) is 27.7. The predicted octanol–water partition coefficient (Wildman–Crippen LogP) is 7.05. The van der Waals surface area contributed by atoms with Crippen LogP contribution < -0.4 is 14.8 Å². The van der Waals surface area contributed by atoms with Gasteiger partial charge in [-0.15, -0.1) is 0 Å². The van der Waals surface area contributed by atoms with Crippen molar-refractivity contribution >= 4 is 51.6 Å². The highest BCUT2D eigenvalue weighted by Gasteiger charge is 2.43. The second kappa shape index (κ2) is 11.4. The van der Waals surface area contributed by atoms with Crippen molar-refractivity contribution in [2.45, 2.75) is 33.3 Å². The molecule has 6 nitrogen and oxygen atoms in total. The lowest BCUT2D eigenvalue weighted by atomic mass is 9.79. The molecule has 0 bridgehead atoms. The lowest BCUT2D eigenvalue weighted by molar-refractivity contribution is -0.138. The maximum absolute atomic E-state index is 13.8. The molecule has 1 aliphatic carbocycles. The summed E-state index contributed by atoms with van der Waals surface area (Å²) in [6, 6.07) is 18.8. The summed E-state index contributed by atoms with van der Waals surface area (Å²) in [5, 5.41) is 3.95. The number of nitrogens with one attached hydrogen (secondary N) is 1. The molecule has 1 heterocycles. The summed E-state index contributed by atoms with van der Waals surface area (Å²) < 4.78 is 18.5. The van der Waals surface area contributed by atoms with Gasteiger partial charge in [0, 0.05) is 38.9 Å². The van der Waals surface area contributed by atoms with Crippen LogP contribution in [0.5, 0.6) is 11.5 Å². The van der Waals surface area contributed by atoms with E-state index in [1.165, 1.54) is 0 Å². The molecule has 3 aromatic carbocycles. The fourth-order valence-corrected chi connectivity index (χ4v) is 6.04. The van der Waals surface area contributed by atoms with Crippen LogP contribution in [-0.4, -0.2) is 25.0 Å². The molecule has 0 amide bonds. The van der Waals surface area contributed by atoms with Crippen molar-refractivity contribution < 1.29 is 23.8 Å². The normalized spacial score (nSPS) is 16.0. The van der Waals surface area contributed by atoms with E-state index in [0.717, 1.165) is 26.0 Å². The minimum absolute atomic E-state index is 0.112. The first-order valence-electron chi connectivity index (χ1n) is 12.7. The summed E-state index contributed by atoms with van der Waals surface area (Å²) >= 11 is 8.55. The summed E-state index contributed by atoms with van der Waals surface area (Å²) in [5.74, 6) is -0.126. The minimum Gasteiger partial charge on any atom is -0.490 e. The minimum atomic E-state index is -0.648. The number of halogens is 2. The van der Waals surface area contributed by atoms with Gasteiger partial charge in [0.25, 0.3) is 0 Å². The SMILES string of the molecule is CCOC(=O)C1=C(C)NC2=C(C(=O)c3ccccc32)[C@@H]1c1cc(I)c(OCc2ccccc2Cl)c(OCC)c1. The molecule has 0 saturated carbocycles. The second-order valence-corrected chi connectivity index (χ2v) is 10.7. The van der Waals surface area contributed by atoms with Gasteiger partial charge in [0.05, 0.1) is 28.1 Å². The Balaban J connectivity index is 1.63. The third-order valence-corrected chi connectivity index (χ3v) is 7.91.